The van der Waals surface area contributed by atoms with Crippen LogP contribution in [0.3, 0.4) is 0 Å². The molecule has 0 radical (unpaired) electrons. The zero-order chi connectivity index (χ0) is 10.7. The molecule has 1 rings (SSSR count). The molecule has 0 saturated carbocycles. The summed E-state index contributed by atoms with van der Waals surface area (Å²) >= 11 is 2.99. The van der Waals surface area contributed by atoms with Crippen molar-refractivity contribution in [1.82, 2.24) is 0 Å². The van der Waals surface area contributed by atoms with Gasteiger partial charge in [0.05, 0.1) is 0 Å². The fraction of sp³-hybridized carbons (Fsp3) is 0.300. The minimum atomic E-state index is -0.619. The van der Waals surface area contributed by atoms with Gasteiger partial charge < -0.3 is 4.79 Å². The van der Waals surface area contributed by atoms with Gasteiger partial charge in [-0.25, -0.2) is 8.78 Å². The number of hydrogen-bond acceptors (Lipinski definition) is 1. The van der Waals surface area contributed by atoms with Crippen LogP contribution in [0.2, 0.25) is 0 Å². The lowest BCUT2D eigenvalue weighted by Gasteiger charge is -2.10. The molecule has 1 atom stereocenters. The number of halogens is 3. The number of carbonyl (C=O) groups excluding carboxylic acids is 1. The summed E-state index contributed by atoms with van der Waals surface area (Å²) in [5.41, 5.74) is -0.0275. The monoisotopic (exact) mass is 262 g/mol. The van der Waals surface area contributed by atoms with E-state index in [1.54, 1.807) is 6.92 Å². The first-order valence-electron chi connectivity index (χ1n) is 4.14. The van der Waals surface area contributed by atoms with Crippen molar-refractivity contribution < 1.29 is 13.6 Å². The Hall–Kier alpha value is -0.770. The Labute approximate surface area is 89.3 Å². The van der Waals surface area contributed by atoms with Crippen LogP contribution < -0.4 is 0 Å². The zero-order valence-electron chi connectivity index (χ0n) is 7.56. The van der Waals surface area contributed by atoms with E-state index in [2.05, 4.69) is 15.9 Å². The van der Waals surface area contributed by atoms with Gasteiger partial charge in [-0.05, 0) is 18.1 Å². The molecule has 0 spiro atoms. The van der Waals surface area contributed by atoms with E-state index in [1.165, 1.54) is 12.1 Å². The van der Waals surface area contributed by atoms with Crippen LogP contribution in [0.5, 0.6) is 0 Å². The van der Waals surface area contributed by atoms with Gasteiger partial charge in [0.25, 0.3) is 0 Å². The Morgan fingerprint density at radius 3 is 2.36 bits per heavy atom. The summed E-state index contributed by atoms with van der Waals surface area (Å²) in [6.07, 6.45) is 0.779. The number of hydrogen-bond donors (Lipinski definition) is 0. The van der Waals surface area contributed by atoms with E-state index in [0.29, 0.717) is 10.8 Å². The number of benzene rings is 1. The predicted molar refractivity (Wildman–Crippen MR) is 53.2 cm³/mol. The molecule has 1 nitrogen and oxygen atoms in total. The first-order valence-corrected chi connectivity index (χ1v) is 4.93. The highest BCUT2D eigenvalue weighted by atomic mass is 79.9. The van der Waals surface area contributed by atoms with Gasteiger partial charge in [-0.1, -0.05) is 22.9 Å². The van der Waals surface area contributed by atoms with Gasteiger partial charge in [-0.2, -0.15) is 0 Å². The van der Waals surface area contributed by atoms with Crippen LogP contribution in [0.4, 0.5) is 8.78 Å². The van der Waals surface area contributed by atoms with Crippen molar-refractivity contribution in [3.05, 3.63) is 33.8 Å². The third kappa shape index (κ3) is 2.38. The third-order valence-electron chi connectivity index (χ3n) is 1.99. The maximum Gasteiger partial charge on any atom is 0.130 e. The van der Waals surface area contributed by atoms with Crippen molar-refractivity contribution in [2.75, 3.05) is 0 Å². The molecule has 4 heteroatoms. The van der Waals surface area contributed by atoms with Crippen molar-refractivity contribution in [3.63, 3.8) is 0 Å². The summed E-state index contributed by atoms with van der Waals surface area (Å²) in [6.45, 7) is 1.61. The molecule has 76 valence electrons. The average Bonchev–Trinajstić information content (AvgIpc) is 2.01. The standard InChI is InChI=1S/C10H9BrF2O/c1-6(2-3-14)10-8(12)4-7(11)5-9(10)13/h3-6H,2H2,1H3. The normalized spacial score (nSPS) is 12.6. The molecular weight excluding hydrogens is 254 g/mol. The van der Waals surface area contributed by atoms with Crippen LogP contribution in [0.1, 0.15) is 24.8 Å². The smallest absolute Gasteiger partial charge is 0.130 e. The van der Waals surface area contributed by atoms with E-state index < -0.39 is 17.6 Å². The van der Waals surface area contributed by atoms with Crippen LogP contribution in [-0.4, -0.2) is 6.29 Å². The number of aldehydes is 1. The molecule has 0 N–H and O–H groups in total. The molecular formula is C10H9BrF2O. The molecule has 1 aromatic rings. The van der Waals surface area contributed by atoms with Crippen molar-refractivity contribution in [2.24, 2.45) is 0 Å². The van der Waals surface area contributed by atoms with E-state index in [9.17, 15) is 13.6 Å². The Kier molecular flexibility index (Phi) is 3.75. The molecule has 0 aliphatic rings. The second-order valence-electron chi connectivity index (χ2n) is 3.09. The Morgan fingerprint density at radius 2 is 1.93 bits per heavy atom. The second-order valence-corrected chi connectivity index (χ2v) is 4.00. The molecule has 0 amide bonds. The molecule has 14 heavy (non-hydrogen) atoms. The lowest BCUT2D eigenvalue weighted by Crippen LogP contribution is -2.02. The maximum absolute atomic E-state index is 13.3. The lowest BCUT2D eigenvalue weighted by atomic mass is 9.97. The summed E-state index contributed by atoms with van der Waals surface area (Å²) in [7, 11) is 0. The number of carbonyl (C=O) groups is 1. The molecule has 0 heterocycles. The summed E-state index contributed by atoms with van der Waals surface area (Å²) < 4.78 is 27.0. The Morgan fingerprint density at radius 1 is 1.43 bits per heavy atom. The summed E-state index contributed by atoms with van der Waals surface area (Å²) in [5, 5.41) is 0. The molecule has 0 bridgehead atoms. The molecule has 1 aromatic carbocycles. The van der Waals surface area contributed by atoms with Gasteiger partial charge in [-0.3, -0.25) is 0 Å². The van der Waals surface area contributed by atoms with E-state index >= 15 is 0 Å². The van der Waals surface area contributed by atoms with Gasteiger partial charge in [0.15, 0.2) is 0 Å². The quantitative estimate of drug-likeness (QED) is 0.763. The van der Waals surface area contributed by atoms with E-state index in [1.807, 2.05) is 0 Å². The van der Waals surface area contributed by atoms with Crippen molar-refractivity contribution >= 4 is 22.2 Å². The fourth-order valence-corrected chi connectivity index (χ4v) is 1.69. The summed E-state index contributed by atoms with van der Waals surface area (Å²) in [6, 6.07) is 2.39. The largest absolute Gasteiger partial charge is 0.303 e. The lowest BCUT2D eigenvalue weighted by molar-refractivity contribution is -0.108. The summed E-state index contributed by atoms with van der Waals surface area (Å²) in [4.78, 5) is 10.2. The highest BCUT2D eigenvalue weighted by Crippen LogP contribution is 2.27. The van der Waals surface area contributed by atoms with Crippen molar-refractivity contribution in [2.45, 2.75) is 19.3 Å². The maximum atomic E-state index is 13.3. The summed E-state index contributed by atoms with van der Waals surface area (Å²) in [5.74, 6) is -1.67. The van der Waals surface area contributed by atoms with Crippen LogP contribution in [0.25, 0.3) is 0 Å². The predicted octanol–water partition coefficient (Wildman–Crippen LogP) is 3.42. The van der Waals surface area contributed by atoms with Crippen LogP contribution in [0.15, 0.2) is 16.6 Å². The molecule has 0 aliphatic carbocycles. The third-order valence-corrected chi connectivity index (χ3v) is 2.44. The second kappa shape index (κ2) is 4.64. The first-order chi connectivity index (χ1) is 6.56. The van der Waals surface area contributed by atoms with Gasteiger partial charge in [0.2, 0.25) is 0 Å². The van der Waals surface area contributed by atoms with Gasteiger partial charge in [-0.15, -0.1) is 0 Å². The van der Waals surface area contributed by atoms with E-state index in [-0.39, 0.29) is 12.0 Å². The van der Waals surface area contributed by atoms with Crippen LogP contribution >= 0.6 is 15.9 Å². The minimum absolute atomic E-state index is 0.0275. The highest BCUT2D eigenvalue weighted by molar-refractivity contribution is 9.10. The topological polar surface area (TPSA) is 17.1 Å². The Balaban J connectivity index is 3.13. The molecule has 0 fully saturated rings. The van der Waals surface area contributed by atoms with Gasteiger partial charge in [0.1, 0.15) is 17.9 Å². The minimum Gasteiger partial charge on any atom is -0.303 e. The van der Waals surface area contributed by atoms with Crippen LogP contribution in [-0.2, 0) is 4.79 Å². The van der Waals surface area contributed by atoms with Crippen molar-refractivity contribution in [1.29, 1.82) is 0 Å². The number of rotatable bonds is 3. The van der Waals surface area contributed by atoms with E-state index in [4.69, 9.17) is 0 Å². The molecule has 0 aliphatic heterocycles. The van der Waals surface area contributed by atoms with Gasteiger partial charge >= 0.3 is 0 Å². The molecule has 0 aromatic heterocycles. The highest BCUT2D eigenvalue weighted by Gasteiger charge is 2.16. The Bertz CT molecular complexity index is 329. The zero-order valence-corrected chi connectivity index (χ0v) is 9.14. The van der Waals surface area contributed by atoms with Crippen LogP contribution in [0, 0.1) is 11.6 Å². The SMILES string of the molecule is CC(CC=O)c1c(F)cc(Br)cc1F. The van der Waals surface area contributed by atoms with Crippen molar-refractivity contribution in [3.8, 4) is 0 Å². The van der Waals surface area contributed by atoms with Gasteiger partial charge in [0, 0.05) is 16.5 Å². The fourth-order valence-electron chi connectivity index (χ4n) is 1.29. The molecule has 0 saturated heterocycles. The first kappa shape index (κ1) is 11.3. The average molecular weight is 263 g/mol. The molecule has 1 unspecified atom stereocenters. The van der Waals surface area contributed by atoms with E-state index in [0.717, 1.165) is 0 Å².